The van der Waals surface area contributed by atoms with Gasteiger partial charge in [-0.3, -0.25) is 4.79 Å². The van der Waals surface area contributed by atoms with Gasteiger partial charge in [0.15, 0.2) is 0 Å². The average Bonchev–Trinajstić information content (AvgIpc) is 2.54. The summed E-state index contributed by atoms with van der Waals surface area (Å²) in [6.45, 7) is 4.75. The molecule has 0 aliphatic heterocycles. The maximum absolute atomic E-state index is 12.3. The van der Waals surface area contributed by atoms with E-state index in [-0.39, 0.29) is 5.91 Å². The highest BCUT2D eigenvalue weighted by Crippen LogP contribution is 2.23. The van der Waals surface area contributed by atoms with Crippen LogP contribution < -0.4 is 4.74 Å². The van der Waals surface area contributed by atoms with Crippen LogP contribution in [-0.2, 0) is 11.3 Å². The van der Waals surface area contributed by atoms with Crippen LogP contribution in [0.5, 0.6) is 5.75 Å². The molecule has 2 aromatic carbocycles. The molecule has 0 fully saturated rings. The van der Waals surface area contributed by atoms with E-state index in [4.69, 9.17) is 4.74 Å². The van der Waals surface area contributed by atoms with Gasteiger partial charge < -0.3 is 9.64 Å². The van der Waals surface area contributed by atoms with Crippen LogP contribution in [0, 0.1) is 13.8 Å². The molecule has 1 amide bonds. The summed E-state index contributed by atoms with van der Waals surface area (Å²) in [6.07, 6.45) is 0. The van der Waals surface area contributed by atoms with Gasteiger partial charge >= 0.3 is 0 Å². The molecule has 0 N–H and O–H groups in total. The van der Waals surface area contributed by atoms with Gasteiger partial charge in [-0.25, -0.2) is 0 Å². The Balaban J connectivity index is 1.91. The number of hydrogen-bond donors (Lipinski definition) is 0. The molecule has 2 aromatic rings. The molecule has 0 unspecified atom stereocenters. The maximum Gasteiger partial charge on any atom is 0.232 e. The van der Waals surface area contributed by atoms with Crippen LogP contribution in [-0.4, -0.2) is 30.7 Å². The second-order valence-corrected chi connectivity index (χ2v) is 6.68. The zero-order valence-electron chi connectivity index (χ0n) is 14.1. The van der Waals surface area contributed by atoms with Crippen molar-refractivity contribution in [3.8, 4) is 5.75 Å². The second kappa shape index (κ2) is 8.06. The van der Waals surface area contributed by atoms with Crippen molar-refractivity contribution in [1.82, 2.24) is 4.90 Å². The number of carbonyl (C=O) groups excluding carboxylic acids is 1. The van der Waals surface area contributed by atoms with E-state index >= 15 is 0 Å². The van der Waals surface area contributed by atoms with Gasteiger partial charge in [-0.05, 0) is 43.2 Å². The van der Waals surface area contributed by atoms with E-state index in [1.54, 1.807) is 23.8 Å². The number of amides is 1. The number of hydrogen-bond acceptors (Lipinski definition) is 3. The predicted molar refractivity (Wildman–Crippen MR) is 96.1 cm³/mol. The predicted octanol–water partition coefficient (Wildman–Crippen LogP) is 4.06. The number of ether oxygens (including phenoxy) is 1. The Kier molecular flexibility index (Phi) is 6.11. The normalized spacial score (nSPS) is 10.4. The first-order valence-electron chi connectivity index (χ1n) is 7.56. The molecule has 4 heteroatoms. The van der Waals surface area contributed by atoms with E-state index in [0.29, 0.717) is 12.3 Å². The van der Waals surface area contributed by atoms with Crippen molar-refractivity contribution in [2.24, 2.45) is 0 Å². The van der Waals surface area contributed by atoms with Gasteiger partial charge in [-0.1, -0.05) is 29.8 Å². The van der Waals surface area contributed by atoms with Crippen LogP contribution >= 0.6 is 11.8 Å². The molecule has 0 heterocycles. The molecule has 0 saturated heterocycles. The average molecular weight is 329 g/mol. The van der Waals surface area contributed by atoms with Crippen LogP contribution in [0.15, 0.2) is 47.4 Å². The highest BCUT2D eigenvalue weighted by Gasteiger charge is 2.11. The number of benzene rings is 2. The van der Waals surface area contributed by atoms with Crippen molar-refractivity contribution in [2.45, 2.75) is 25.3 Å². The van der Waals surface area contributed by atoms with E-state index < -0.39 is 0 Å². The molecule has 0 atom stereocenters. The molecule has 0 bridgehead atoms. The highest BCUT2D eigenvalue weighted by atomic mass is 32.2. The third-order valence-electron chi connectivity index (χ3n) is 3.66. The molecule has 0 aromatic heterocycles. The van der Waals surface area contributed by atoms with Crippen molar-refractivity contribution in [1.29, 1.82) is 0 Å². The third kappa shape index (κ3) is 5.03. The lowest BCUT2D eigenvalue weighted by Gasteiger charge is -2.18. The molecule has 0 aliphatic rings. The monoisotopic (exact) mass is 329 g/mol. The van der Waals surface area contributed by atoms with E-state index in [1.165, 1.54) is 16.0 Å². The van der Waals surface area contributed by atoms with Gasteiger partial charge in [0.1, 0.15) is 5.75 Å². The third-order valence-corrected chi connectivity index (χ3v) is 4.82. The van der Waals surface area contributed by atoms with Crippen molar-refractivity contribution >= 4 is 17.7 Å². The fourth-order valence-corrected chi connectivity index (χ4v) is 3.29. The molecule has 2 rings (SSSR count). The topological polar surface area (TPSA) is 29.5 Å². The zero-order valence-corrected chi connectivity index (χ0v) is 14.9. The summed E-state index contributed by atoms with van der Waals surface area (Å²) in [5, 5.41) is 0. The smallest absolute Gasteiger partial charge is 0.232 e. The number of carbonyl (C=O) groups is 1. The zero-order chi connectivity index (χ0) is 16.8. The largest absolute Gasteiger partial charge is 0.497 e. The summed E-state index contributed by atoms with van der Waals surface area (Å²) in [7, 11) is 3.49. The molecular formula is C19H23NO2S. The lowest BCUT2D eigenvalue weighted by Crippen LogP contribution is -2.27. The summed E-state index contributed by atoms with van der Waals surface area (Å²) < 4.78 is 5.22. The minimum Gasteiger partial charge on any atom is -0.497 e. The van der Waals surface area contributed by atoms with Crippen molar-refractivity contribution in [3.63, 3.8) is 0 Å². The van der Waals surface area contributed by atoms with Crippen LogP contribution in [0.4, 0.5) is 0 Å². The lowest BCUT2D eigenvalue weighted by molar-refractivity contribution is -0.127. The first kappa shape index (κ1) is 17.4. The fourth-order valence-electron chi connectivity index (χ4n) is 2.34. The summed E-state index contributed by atoms with van der Waals surface area (Å²) in [4.78, 5) is 15.2. The summed E-state index contributed by atoms with van der Waals surface area (Å²) >= 11 is 1.59. The van der Waals surface area contributed by atoms with Gasteiger partial charge in [0.05, 0.1) is 12.9 Å². The Morgan fingerprint density at radius 2 is 1.96 bits per heavy atom. The van der Waals surface area contributed by atoms with Gasteiger partial charge in [-0.2, -0.15) is 0 Å². The minimum absolute atomic E-state index is 0.123. The molecule has 0 spiro atoms. The van der Waals surface area contributed by atoms with E-state index in [2.05, 4.69) is 32.0 Å². The quantitative estimate of drug-likeness (QED) is 0.749. The van der Waals surface area contributed by atoms with Gasteiger partial charge in [-0.15, -0.1) is 11.8 Å². The first-order chi connectivity index (χ1) is 11.0. The van der Waals surface area contributed by atoms with Crippen LogP contribution in [0.1, 0.15) is 16.7 Å². The van der Waals surface area contributed by atoms with Crippen LogP contribution in [0.2, 0.25) is 0 Å². The number of aryl methyl sites for hydroxylation is 2. The Bertz CT molecular complexity index is 685. The number of methoxy groups -OCH3 is 1. The molecular weight excluding hydrogens is 306 g/mol. The van der Waals surface area contributed by atoms with Crippen molar-refractivity contribution in [2.75, 3.05) is 19.9 Å². The Labute approximate surface area is 142 Å². The summed E-state index contributed by atoms with van der Waals surface area (Å²) in [5.74, 6) is 1.38. The van der Waals surface area contributed by atoms with E-state index in [1.807, 2.05) is 31.3 Å². The first-order valence-corrected chi connectivity index (χ1v) is 8.55. The Morgan fingerprint density at radius 1 is 1.17 bits per heavy atom. The lowest BCUT2D eigenvalue weighted by atomic mass is 10.2. The highest BCUT2D eigenvalue weighted by molar-refractivity contribution is 8.00. The molecule has 0 aliphatic carbocycles. The number of nitrogens with zero attached hydrogens (tertiary/aromatic N) is 1. The van der Waals surface area contributed by atoms with Gasteiger partial charge in [0, 0.05) is 18.5 Å². The summed E-state index contributed by atoms with van der Waals surface area (Å²) in [5.41, 5.74) is 3.53. The van der Waals surface area contributed by atoms with Gasteiger partial charge in [0.2, 0.25) is 5.91 Å². The van der Waals surface area contributed by atoms with Gasteiger partial charge in [0.25, 0.3) is 0 Å². The molecule has 23 heavy (non-hydrogen) atoms. The van der Waals surface area contributed by atoms with E-state index in [9.17, 15) is 4.79 Å². The fraction of sp³-hybridized carbons (Fsp3) is 0.316. The minimum atomic E-state index is 0.123. The van der Waals surface area contributed by atoms with Crippen molar-refractivity contribution in [3.05, 3.63) is 59.2 Å². The maximum atomic E-state index is 12.3. The number of thioether (sulfide) groups is 1. The SMILES string of the molecule is COc1cccc(CN(C)C(=O)CSc2ccc(C)cc2C)c1. The Hall–Kier alpha value is -1.94. The molecule has 3 nitrogen and oxygen atoms in total. The molecule has 0 saturated carbocycles. The molecule has 122 valence electrons. The van der Waals surface area contributed by atoms with Crippen molar-refractivity contribution < 1.29 is 9.53 Å². The number of rotatable bonds is 6. The second-order valence-electron chi connectivity index (χ2n) is 5.66. The Morgan fingerprint density at radius 3 is 2.65 bits per heavy atom. The molecule has 0 radical (unpaired) electrons. The van der Waals surface area contributed by atoms with Crippen LogP contribution in [0.25, 0.3) is 0 Å². The van der Waals surface area contributed by atoms with E-state index in [0.717, 1.165) is 11.3 Å². The standard InChI is InChI=1S/C19H23NO2S/c1-14-8-9-18(15(2)10-14)23-13-19(21)20(3)12-16-6-5-7-17(11-16)22-4/h5-11H,12-13H2,1-4H3. The summed E-state index contributed by atoms with van der Waals surface area (Å²) in [6, 6.07) is 14.1. The van der Waals surface area contributed by atoms with Crippen LogP contribution in [0.3, 0.4) is 0 Å².